The van der Waals surface area contributed by atoms with E-state index in [-0.39, 0.29) is 12.2 Å². The molecule has 34 heavy (non-hydrogen) atoms. The van der Waals surface area contributed by atoms with E-state index in [1.165, 1.54) is 0 Å². The first kappa shape index (κ1) is 23.0. The number of nitriles is 1. The molecule has 1 amide bonds. The fraction of sp³-hybridized carbons (Fsp3) is 0.231. The molecular weight excluding hydrogens is 432 g/mol. The Morgan fingerprint density at radius 3 is 2.62 bits per heavy atom. The van der Waals surface area contributed by atoms with Crippen LogP contribution in [0.3, 0.4) is 0 Å². The van der Waals surface area contributed by atoms with Crippen LogP contribution in [0.15, 0.2) is 60.2 Å². The average Bonchev–Trinajstić information content (AvgIpc) is 2.87. The lowest BCUT2D eigenvalue weighted by molar-refractivity contribution is -0.112. The van der Waals surface area contributed by atoms with Crippen molar-refractivity contribution >= 4 is 40.4 Å². The number of fused-ring (bicyclic) bond motifs is 1. The Bertz CT molecular complexity index is 1270. The monoisotopic (exact) mass is 456 g/mol. The van der Waals surface area contributed by atoms with Crippen molar-refractivity contribution in [1.29, 1.82) is 5.26 Å². The van der Waals surface area contributed by atoms with Crippen molar-refractivity contribution in [2.75, 3.05) is 43.1 Å². The van der Waals surface area contributed by atoms with Gasteiger partial charge in [0.2, 0.25) is 0 Å². The van der Waals surface area contributed by atoms with E-state index in [1.807, 2.05) is 36.4 Å². The predicted molar refractivity (Wildman–Crippen MR) is 129 cm³/mol. The summed E-state index contributed by atoms with van der Waals surface area (Å²) in [5.74, 6) is -0.272. The van der Waals surface area contributed by atoms with Gasteiger partial charge in [-0.3, -0.25) is 4.79 Å². The maximum atomic E-state index is 12.9. The number of nitrogens with one attached hydrogen (secondary N) is 1. The van der Waals surface area contributed by atoms with Gasteiger partial charge in [0, 0.05) is 29.7 Å². The Labute approximate surface area is 197 Å². The van der Waals surface area contributed by atoms with Gasteiger partial charge in [-0.05, 0) is 49.4 Å². The number of para-hydroxylation sites is 1. The van der Waals surface area contributed by atoms with E-state index in [0.717, 1.165) is 10.9 Å². The molecule has 4 rings (SSSR count). The number of benzene rings is 2. The normalized spacial score (nSPS) is 13.9. The lowest BCUT2D eigenvalue weighted by Crippen LogP contribution is -2.37. The molecule has 0 atom stereocenters. The van der Waals surface area contributed by atoms with Crippen LogP contribution < -0.4 is 10.2 Å². The van der Waals surface area contributed by atoms with Crippen LogP contribution in [0.25, 0.3) is 17.0 Å². The van der Waals surface area contributed by atoms with Crippen molar-refractivity contribution in [2.45, 2.75) is 6.92 Å². The zero-order chi connectivity index (χ0) is 23.9. The van der Waals surface area contributed by atoms with Crippen LogP contribution >= 0.6 is 0 Å². The third kappa shape index (κ3) is 5.22. The Kier molecular flexibility index (Phi) is 7.16. The molecule has 3 aromatic rings. The predicted octanol–water partition coefficient (Wildman–Crippen LogP) is 3.79. The van der Waals surface area contributed by atoms with Gasteiger partial charge >= 0.3 is 5.97 Å². The van der Waals surface area contributed by atoms with Crippen molar-refractivity contribution in [3.63, 3.8) is 0 Å². The Hall–Kier alpha value is -4.22. The van der Waals surface area contributed by atoms with Crippen molar-refractivity contribution in [2.24, 2.45) is 0 Å². The number of anilines is 2. The van der Waals surface area contributed by atoms with E-state index in [0.29, 0.717) is 48.9 Å². The number of aromatic nitrogens is 1. The van der Waals surface area contributed by atoms with Gasteiger partial charge in [-0.2, -0.15) is 5.26 Å². The minimum absolute atomic E-state index is 0.0546. The molecule has 1 saturated heterocycles. The minimum Gasteiger partial charge on any atom is -0.462 e. The molecule has 0 bridgehead atoms. The smallest absolute Gasteiger partial charge is 0.338 e. The number of rotatable bonds is 6. The quantitative estimate of drug-likeness (QED) is 0.342. The third-order valence-electron chi connectivity index (χ3n) is 5.36. The maximum Gasteiger partial charge on any atom is 0.338 e. The molecule has 1 N–H and O–H groups in total. The first-order chi connectivity index (χ1) is 16.6. The molecule has 2 heterocycles. The van der Waals surface area contributed by atoms with Crippen LogP contribution in [0.5, 0.6) is 0 Å². The van der Waals surface area contributed by atoms with Gasteiger partial charge in [0.05, 0.1) is 30.9 Å². The molecule has 8 nitrogen and oxygen atoms in total. The van der Waals surface area contributed by atoms with Crippen LogP contribution in [0, 0.1) is 11.3 Å². The molecule has 1 fully saturated rings. The SMILES string of the molecule is CCOC(=O)c1ccc(NC(=O)/C(C#N)=C/c2cc3ccccc3nc2N2CCOCC2)cc1. The lowest BCUT2D eigenvalue weighted by atomic mass is 10.1. The van der Waals surface area contributed by atoms with E-state index in [9.17, 15) is 14.9 Å². The highest BCUT2D eigenvalue weighted by Gasteiger charge is 2.18. The van der Waals surface area contributed by atoms with E-state index in [1.54, 1.807) is 37.3 Å². The summed E-state index contributed by atoms with van der Waals surface area (Å²) in [7, 11) is 0. The minimum atomic E-state index is -0.549. The number of nitrogens with zero attached hydrogens (tertiary/aromatic N) is 3. The number of hydrogen-bond acceptors (Lipinski definition) is 7. The topological polar surface area (TPSA) is 105 Å². The summed E-state index contributed by atoms with van der Waals surface area (Å²) in [6, 6.07) is 18.0. The fourth-order valence-electron chi connectivity index (χ4n) is 3.66. The number of carbonyl (C=O) groups is 2. The highest BCUT2D eigenvalue weighted by atomic mass is 16.5. The number of amides is 1. The molecule has 0 radical (unpaired) electrons. The van der Waals surface area contributed by atoms with Gasteiger partial charge in [-0.25, -0.2) is 9.78 Å². The number of esters is 1. The van der Waals surface area contributed by atoms with Gasteiger partial charge in [-0.15, -0.1) is 0 Å². The van der Waals surface area contributed by atoms with Gasteiger partial charge < -0.3 is 19.7 Å². The summed E-state index contributed by atoms with van der Waals surface area (Å²) in [5.41, 5.74) is 2.31. The number of ether oxygens (including phenoxy) is 2. The third-order valence-corrected chi connectivity index (χ3v) is 5.36. The Balaban J connectivity index is 1.62. The summed E-state index contributed by atoms with van der Waals surface area (Å²) in [5, 5.41) is 13.4. The second kappa shape index (κ2) is 10.6. The van der Waals surface area contributed by atoms with Gasteiger partial charge in [0.25, 0.3) is 5.91 Å². The van der Waals surface area contributed by atoms with E-state index in [2.05, 4.69) is 10.2 Å². The molecule has 1 aliphatic rings. The van der Waals surface area contributed by atoms with Crippen molar-refractivity contribution in [3.8, 4) is 6.07 Å². The number of hydrogen-bond donors (Lipinski definition) is 1. The average molecular weight is 457 g/mol. The summed E-state index contributed by atoms with van der Waals surface area (Å²) >= 11 is 0. The standard InChI is InChI=1S/C26H24N4O4/c1-2-34-26(32)18-7-9-22(10-8-18)28-25(31)21(17-27)16-20-15-19-5-3-4-6-23(19)29-24(20)30-11-13-33-14-12-30/h3-10,15-16H,2,11-14H2,1H3,(H,28,31)/b21-16+. The summed E-state index contributed by atoms with van der Waals surface area (Å²) in [6.45, 7) is 4.54. The fourth-order valence-corrected chi connectivity index (χ4v) is 3.66. The highest BCUT2D eigenvalue weighted by molar-refractivity contribution is 6.10. The maximum absolute atomic E-state index is 12.9. The zero-order valence-electron chi connectivity index (χ0n) is 18.8. The number of morpholine rings is 1. The van der Waals surface area contributed by atoms with Crippen LogP contribution in [0.1, 0.15) is 22.8 Å². The summed E-state index contributed by atoms with van der Waals surface area (Å²) in [6.07, 6.45) is 1.56. The molecule has 1 aliphatic heterocycles. The van der Waals surface area contributed by atoms with Gasteiger partial charge in [0.15, 0.2) is 0 Å². The molecule has 172 valence electrons. The van der Waals surface area contributed by atoms with E-state index >= 15 is 0 Å². The summed E-state index contributed by atoms with van der Waals surface area (Å²) < 4.78 is 10.4. The second-order valence-electron chi connectivity index (χ2n) is 7.62. The Morgan fingerprint density at radius 2 is 1.91 bits per heavy atom. The van der Waals surface area contributed by atoms with Crippen LogP contribution in [-0.4, -0.2) is 49.8 Å². The second-order valence-corrected chi connectivity index (χ2v) is 7.62. The largest absolute Gasteiger partial charge is 0.462 e. The van der Waals surface area contributed by atoms with Crippen LogP contribution in [0.4, 0.5) is 11.5 Å². The van der Waals surface area contributed by atoms with Crippen molar-refractivity contribution in [1.82, 2.24) is 4.98 Å². The molecule has 0 unspecified atom stereocenters. The Morgan fingerprint density at radius 1 is 1.18 bits per heavy atom. The number of carbonyl (C=O) groups excluding carboxylic acids is 2. The number of pyridine rings is 1. The van der Waals surface area contributed by atoms with Crippen LogP contribution in [0.2, 0.25) is 0 Å². The molecule has 1 aromatic heterocycles. The van der Waals surface area contributed by atoms with Crippen LogP contribution in [-0.2, 0) is 14.3 Å². The van der Waals surface area contributed by atoms with E-state index < -0.39 is 11.9 Å². The zero-order valence-corrected chi connectivity index (χ0v) is 18.8. The van der Waals surface area contributed by atoms with Crippen molar-refractivity contribution < 1.29 is 19.1 Å². The molecule has 0 aliphatic carbocycles. The molecular formula is C26H24N4O4. The first-order valence-electron chi connectivity index (χ1n) is 11.0. The first-order valence-corrected chi connectivity index (χ1v) is 11.0. The van der Waals surface area contributed by atoms with Crippen molar-refractivity contribution in [3.05, 3.63) is 71.3 Å². The highest BCUT2D eigenvalue weighted by Crippen LogP contribution is 2.27. The molecule has 0 spiro atoms. The molecule has 2 aromatic carbocycles. The molecule has 8 heteroatoms. The summed E-state index contributed by atoms with van der Waals surface area (Å²) in [4.78, 5) is 31.6. The van der Waals surface area contributed by atoms with Gasteiger partial charge in [0.1, 0.15) is 17.5 Å². The van der Waals surface area contributed by atoms with Gasteiger partial charge in [-0.1, -0.05) is 18.2 Å². The molecule has 0 saturated carbocycles. The van der Waals surface area contributed by atoms with E-state index in [4.69, 9.17) is 14.5 Å². The lowest BCUT2D eigenvalue weighted by Gasteiger charge is -2.29.